The lowest BCUT2D eigenvalue weighted by atomic mass is 10.0. The first kappa shape index (κ1) is 20.0. The molecule has 27 heavy (non-hydrogen) atoms. The average molecular weight is 373 g/mol. The zero-order chi connectivity index (χ0) is 20.0. The number of nitrogens with two attached hydrogens (primary N) is 1. The molecular formula is C20H23NO6. The number of ether oxygens (including phenoxy) is 4. The maximum Gasteiger partial charge on any atom is 0.336 e. The normalized spacial score (nSPS) is 11.0. The van der Waals surface area contributed by atoms with Gasteiger partial charge in [0, 0.05) is 5.56 Å². The number of carboxylic acids is 1. The summed E-state index contributed by atoms with van der Waals surface area (Å²) < 4.78 is 21.3. The number of carboxylic acid groups (broad SMARTS) is 1. The summed E-state index contributed by atoms with van der Waals surface area (Å²) in [7, 11) is 4.50. The zero-order valence-electron chi connectivity index (χ0n) is 15.7. The Bertz CT molecular complexity index is 860. The Labute approximate surface area is 157 Å². The fourth-order valence-corrected chi connectivity index (χ4v) is 2.63. The van der Waals surface area contributed by atoms with Gasteiger partial charge in [0.1, 0.15) is 0 Å². The highest BCUT2D eigenvalue weighted by Gasteiger charge is 2.17. The van der Waals surface area contributed by atoms with Gasteiger partial charge in [-0.05, 0) is 42.8 Å². The Hall–Kier alpha value is -3.35. The van der Waals surface area contributed by atoms with E-state index in [2.05, 4.69) is 0 Å². The van der Waals surface area contributed by atoms with Crippen molar-refractivity contribution in [1.29, 1.82) is 0 Å². The van der Waals surface area contributed by atoms with Gasteiger partial charge < -0.3 is 29.8 Å². The molecule has 0 unspecified atom stereocenters. The second kappa shape index (κ2) is 8.84. The van der Waals surface area contributed by atoms with Crippen LogP contribution in [-0.4, -0.2) is 39.0 Å². The number of methoxy groups -OCH3 is 3. The van der Waals surface area contributed by atoms with E-state index in [0.717, 1.165) is 0 Å². The summed E-state index contributed by atoms with van der Waals surface area (Å²) in [6, 6.07) is 8.28. The molecule has 0 radical (unpaired) electrons. The van der Waals surface area contributed by atoms with E-state index in [1.54, 1.807) is 30.3 Å². The molecule has 0 aliphatic carbocycles. The van der Waals surface area contributed by atoms with Gasteiger partial charge >= 0.3 is 5.97 Å². The second-order valence-corrected chi connectivity index (χ2v) is 5.47. The maximum absolute atomic E-state index is 11.9. The van der Waals surface area contributed by atoms with Crippen LogP contribution in [0.25, 0.3) is 11.6 Å². The summed E-state index contributed by atoms with van der Waals surface area (Å²) in [4.78, 5) is 11.9. The molecule has 2 aromatic rings. The van der Waals surface area contributed by atoms with E-state index in [4.69, 9.17) is 24.7 Å². The van der Waals surface area contributed by atoms with E-state index in [0.29, 0.717) is 40.7 Å². The van der Waals surface area contributed by atoms with E-state index in [9.17, 15) is 9.90 Å². The van der Waals surface area contributed by atoms with Crippen molar-refractivity contribution in [3.63, 3.8) is 0 Å². The monoisotopic (exact) mass is 373 g/mol. The summed E-state index contributed by atoms with van der Waals surface area (Å²) in [5.74, 6) is 0.700. The number of hydrogen-bond acceptors (Lipinski definition) is 6. The van der Waals surface area contributed by atoms with Gasteiger partial charge in [-0.3, -0.25) is 0 Å². The SMILES string of the molecule is CCOc1cc(/C(=C\c2ccc(OC)c(OC)c2N)C(=O)O)ccc1OC. The van der Waals surface area contributed by atoms with Gasteiger partial charge in [0.05, 0.1) is 39.2 Å². The quantitative estimate of drug-likeness (QED) is 0.416. The largest absolute Gasteiger partial charge is 0.493 e. The van der Waals surface area contributed by atoms with Crippen molar-refractivity contribution in [3.8, 4) is 23.0 Å². The highest BCUT2D eigenvalue weighted by atomic mass is 16.5. The molecule has 2 rings (SSSR count). The summed E-state index contributed by atoms with van der Waals surface area (Å²) in [6.45, 7) is 2.26. The topological polar surface area (TPSA) is 100 Å². The van der Waals surface area contributed by atoms with Crippen molar-refractivity contribution in [2.24, 2.45) is 0 Å². The average Bonchev–Trinajstić information content (AvgIpc) is 2.66. The first-order chi connectivity index (χ1) is 13.0. The number of benzene rings is 2. The Kier molecular flexibility index (Phi) is 6.54. The molecule has 0 atom stereocenters. The molecule has 7 heteroatoms. The van der Waals surface area contributed by atoms with Crippen LogP contribution in [0.15, 0.2) is 30.3 Å². The zero-order valence-corrected chi connectivity index (χ0v) is 15.7. The molecule has 0 amide bonds. The van der Waals surface area contributed by atoms with Gasteiger partial charge in [-0.15, -0.1) is 0 Å². The van der Waals surface area contributed by atoms with Crippen LogP contribution in [0.4, 0.5) is 5.69 Å². The van der Waals surface area contributed by atoms with Crippen molar-refractivity contribution in [3.05, 3.63) is 41.5 Å². The van der Waals surface area contributed by atoms with Crippen molar-refractivity contribution in [2.45, 2.75) is 6.92 Å². The lowest BCUT2D eigenvalue weighted by Gasteiger charge is -2.14. The van der Waals surface area contributed by atoms with Gasteiger partial charge in [-0.1, -0.05) is 6.07 Å². The van der Waals surface area contributed by atoms with Crippen LogP contribution in [0, 0.1) is 0 Å². The van der Waals surface area contributed by atoms with Crippen LogP contribution in [0.1, 0.15) is 18.1 Å². The van der Waals surface area contributed by atoms with E-state index >= 15 is 0 Å². The molecule has 3 N–H and O–H groups in total. The molecule has 7 nitrogen and oxygen atoms in total. The molecule has 0 aliphatic rings. The van der Waals surface area contributed by atoms with E-state index in [1.165, 1.54) is 27.4 Å². The lowest BCUT2D eigenvalue weighted by Crippen LogP contribution is -2.03. The fourth-order valence-electron chi connectivity index (χ4n) is 2.63. The standard InChI is InChI=1S/C20H23NO6/c1-5-27-17-11-12(6-8-15(17)24-2)14(20(22)23)10-13-7-9-16(25-3)19(26-4)18(13)21/h6-11H,5,21H2,1-4H3,(H,22,23)/b14-10+. The van der Waals surface area contributed by atoms with Crippen molar-refractivity contribution in [1.82, 2.24) is 0 Å². The summed E-state index contributed by atoms with van der Waals surface area (Å²) in [6.07, 6.45) is 1.48. The fraction of sp³-hybridized carbons (Fsp3) is 0.250. The predicted molar refractivity (Wildman–Crippen MR) is 104 cm³/mol. The van der Waals surface area contributed by atoms with Crippen molar-refractivity contribution < 1.29 is 28.8 Å². The van der Waals surface area contributed by atoms with Crippen LogP contribution >= 0.6 is 0 Å². The van der Waals surface area contributed by atoms with Crippen molar-refractivity contribution in [2.75, 3.05) is 33.7 Å². The van der Waals surface area contributed by atoms with E-state index < -0.39 is 5.97 Å². The summed E-state index contributed by atoms with van der Waals surface area (Å²) in [5, 5.41) is 9.72. The molecule has 0 heterocycles. The molecule has 0 saturated heterocycles. The Balaban J connectivity index is 2.59. The highest BCUT2D eigenvalue weighted by molar-refractivity contribution is 6.21. The highest BCUT2D eigenvalue weighted by Crippen LogP contribution is 2.38. The molecule has 0 saturated carbocycles. The van der Waals surface area contributed by atoms with Gasteiger partial charge in [-0.2, -0.15) is 0 Å². The lowest BCUT2D eigenvalue weighted by molar-refractivity contribution is -0.130. The molecular weight excluding hydrogens is 350 g/mol. The number of carbonyl (C=O) groups is 1. The van der Waals surface area contributed by atoms with Gasteiger partial charge in [0.25, 0.3) is 0 Å². The molecule has 144 valence electrons. The number of anilines is 1. The van der Waals surface area contributed by atoms with Gasteiger partial charge in [0.2, 0.25) is 0 Å². The number of nitrogen functional groups attached to an aromatic ring is 1. The van der Waals surface area contributed by atoms with Crippen LogP contribution in [0.2, 0.25) is 0 Å². The first-order valence-electron chi connectivity index (χ1n) is 8.23. The molecule has 2 aromatic carbocycles. The van der Waals surface area contributed by atoms with E-state index in [1.807, 2.05) is 6.92 Å². The Morgan fingerprint density at radius 2 is 1.70 bits per heavy atom. The maximum atomic E-state index is 11.9. The van der Waals surface area contributed by atoms with Crippen LogP contribution in [0.3, 0.4) is 0 Å². The number of aliphatic carboxylic acids is 1. The molecule has 0 aliphatic heterocycles. The Morgan fingerprint density at radius 3 is 2.26 bits per heavy atom. The second-order valence-electron chi connectivity index (χ2n) is 5.47. The number of rotatable bonds is 8. The first-order valence-corrected chi connectivity index (χ1v) is 8.23. The predicted octanol–water partition coefficient (Wildman–Crippen LogP) is 3.32. The van der Waals surface area contributed by atoms with Gasteiger partial charge in [-0.25, -0.2) is 4.79 Å². The molecule has 0 spiro atoms. The van der Waals surface area contributed by atoms with E-state index in [-0.39, 0.29) is 11.3 Å². The van der Waals surface area contributed by atoms with Crippen LogP contribution in [-0.2, 0) is 4.79 Å². The third-order valence-corrected chi connectivity index (χ3v) is 3.92. The Morgan fingerprint density at radius 1 is 1.04 bits per heavy atom. The minimum Gasteiger partial charge on any atom is -0.493 e. The van der Waals surface area contributed by atoms with Crippen LogP contribution < -0.4 is 24.7 Å². The van der Waals surface area contributed by atoms with Gasteiger partial charge in [0.15, 0.2) is 23.0 Å². The number of hydrogen-bond donors (Lipinski definition) is 2. The smallest absolute Gasteiger partial charge is 0.336 e. The minimum atomic E-state index is -1.10. The molecule has 0 bridgehead atoms. The molecule has 0 aromatic heterocycles. The van der Waals surface area contributed by atoms with Crippen LogP contribution in [0.5, 0.6) is 23.0 Å². The molecule has 0 fully saturated rings. The third-order valence-electron chi connectivity index (χ3n) is 3.92. The summed E-state index contributed by atoms with van der Waals surface area (Å²) in [5.41, 5.74) is 7.43. The third kappa shape index (κ3) is 4.25. The van der Waals surface area contributed by atoms with Crippen molar-refractivity contribution >= 4 is 23.3 Å². The summed E-state index contributed by atoms with van der Waals surface area (Å²) >= 11 is 0. The minimum absolute atomic E-state index is 0.0533.